The van der Waals surface area contributed by atoms with Crippen LogP contribution in [0.5, 0.6) is 0 Å². The number of aldehydes is 1. The third-order valence-electron chi connectivity index (χ3n) is 3.61. The number of rotatable bonds is 4. The molecule has 1 aromatic rings. The molecule has 2 rings (SSSR count). The van der Waals surface area contributed by atoms with Crippen LogP contribution in [0.1, 0.15) is 22.3 Å². The van der Waals surface area contributed by atoms with E-state index in [1.54, 1.807) is 0 Å². The summed E-state index contributed by atoms with van der Waals surface area (Å²) in [4.78, 5) is 15.4. The SMILES string of the molecule is Cc1cc(C=O)ccc1N1CCN(CCC#N)CC1. The standard InChI is InChI=1S/C15H19N3O/c1-13-11-14(12-19)3-4-15(13)18-9-7-17(8-10-18)6-2-5-16/h3-4,11-12H,2,6-10H2,1H3. The van der Waals surface area contributed by atoms with Crippen LogP contribution >= 0.6 is 0 Å². The maximum Gasteiger partial charge on any atom is 0.150 e. The molecule has 4 heteroatoms. The predicted molar refractivity (Wildman–Crippen MR) is 75.4 cm³/mol. The van der Waals surface area contributed by atoms with Crippen LogP contribution in [0.2, 0.25) is 0 Å². The average Bonchev–Trinajstić information content (AvgIpc) is 2.45. The highest BCUT2D eigenvalue weighted by atomic mass is 16.1. The molecular weight excluding hydrogens is 238 g/mol. The molecule has 0 radical (unpaired) electrons. The minimum atomic E-state index is 0.604. The van der Waals surface area contributed by atoms with Gasteiger partial charge in [0.05, 0.1) is 6.07 Å². The third-order valence-corrected chi connectivity index (χ3v) is 3.61. The van der Waals surface area contributed by atoms with E-state index in [0.29, 0.717) is 6.42 Å². The van der Waals surface area contributed by atoms with Gasteiger partial charge in [-0.25, -0.2) is 0 Å². The van der Waals surface area contributed by atoms with Crippen LogP contribution in [0, 0.1) is 18.3 Å². The molecule has 1 aliphatic heterocycles. The number of carbonyl (C=O) groups excluding carboxylic acids is 1. The lowest BCUT2D eigenvalue weighted by molar-refractivity contribution is 0.112. The van der Waals surface area contributed by atoms with Crippen molar-refractivity contribution in [2.45, 2.75) is 13.3 Å². The lowest BCUT2D eigenvalue weighted by atomic mass is 10.1. The Labute approximate surface area is 114 Å². The van der Waals surface area contributed by atoms with Crippen molar-refractivity contribution >= 4 is 12.0 Å². The van der Waals surface area contributed by atoms with Gasteiger partial charge in [0.15, 0.2) is 0 Å². The molecule has 0 aromatic heterocycles. The maximum atomic E-state index is 10.7. The van der Waals surface area contributed by atoms with Gasteiger partial charge in [0, 0.05) is 50.4 Å². The van der Waals surface area contributed by atoms with E-state index >= 15 is 0 Å². The second kappa shape index (κ2) is 6.35. The molecule has 0 N–H and O–H groups in total. The number of aryl methyl sites for hydroxylation is 1. The molecule has 0 bridgehead atoms. The Kier molecular flexibility index (Phi) is 4.53. The fourth-order valence-electron chi connectivity index (χ4n) is 2.53. The van der Waals surface area contributed by atoms with Gasteiger partial charge in [0.1, 0.15) is 6.29 Å². The minimum absolute atomic E-state index is 0.604. The zero-order chi connectivity index (χ0) is 13.7. The van der Waals surface area contributed by atoms with Gasteiger partial charge in [0.25, 0.3) is 0 Å². The van der Waals surface area contributed by atoms with E-state index in [4.69, 9.17) is 5.26 Å². The molecule has 19 heavy (non-hydrogen) atoms. The third kappa shape index (κ3) is 3.33. The molecule has 0 atom stereocenters. The van der Waals surface area contributed by atoms with Gasteiger partial charge in [-0.15, -0.1) is 0 Å². The van der Waals surface area contributed by atoms with Crippen LogP contribution in [0.3, 0.4) is 0 Å². The van der Waals surface area contributed by atoms with Crippen molar-refractivity contribution in [3.63, 3.8) is 0 Å². The zero-order valence-corrected chi connectivity index (χ0v) is 11.3. The van der Waals surface area contributed by atoms with Gasteiger partial charge >= 0.3 is 0 Å². The Hall–Kier alpha value is -1.86. The molecule has 0 unspecified atom stereocenters. The molecule has 1 aliphatic rings. The van der Waals surface area contributed by atoms with E-state index in [0.717, 1.165) is 50.1 Å². The average molecular weight is 257 g/mol. The summed E-state index contributed by atoms with van der Waals surface area (Å²) < 4.78 is 0. The van der Waals surface area contributed by atoms with Crippen molar-refractivity contribution in [1.29, 1.82) is 5.26 Å². The van der Waals surface area contributed by atoms with Gasteiger partial charge in [-0.1, -0.05) is 0 Å². The number of piperazine rings is 1. The zero-order valence-electron chi connectivity index (χ0n) is 11.3. The fourth-order valence-corrected chi connectivity index (χ4v) is 2.53. The van der Waals surface area contributed by atoms with Crippen molar-refractivity contribution in [2.24, 2.45) is 0 Å². The number of benzene rings is 1. The highest BCUT2D eigenvalue weighted by molar-refractivity contribution is 5.77. The Morgan fingerprint density at radius 3 is 2.63 bits per heavy atom. The van der Waals surface area contributed by atoms with Gasteiger partial charge < -0.3 is 4.90 Å². The van der Waals surface area contributed by atoms with Crippen LogP contribution in [-0.4, -0.2) is 43.9 Å². The van der Waals surface area contributed by atoms with Crippen molar-refractivity contribution < 1.29 is 4.79 Å². The van der Waals surface area contributed by atoms with E-state index in [-0.39, 0.29) is 0 Å². The van der Waals surface area contributed by atoms with E-state index in [9.17, 15) is 4.79 Å². The molecule has 1 saturated heterocycles. The second-order valence-corrected chi connectivity index (χ2v) is 4.90. The van der Waals surface area contributed by atoms with Crippen molar-refractivity contribution in [1.82, 2.24) is 4.90 Å². The first-order chi connectivity index (χ1) is 9.24. The summed E-state index contributed by atoms with van der Waals surface area (Å²) in [5, 5.41) is 8.60. The summed E-state index contributed by atoms with van der Waals surface area (Å²) in [6.45, 7) is 6.87. The molecule has 1 fully saturated rings. The smallest absolute Gasteiger partial charge is 0.150 e. The Balaban J connectivity index is 1.98. The first-order valence-electron chi connectivity index (χ1n) is 6.64. The number of hydrogen-bond acceptors (Lipinski definition) is 4. The molecule has 1 aromatic carbocycles. The summed E-state index contributed by atoms with van der Waals surface area (Å²) in [6, 6.07) is 8.03. The van der Waals surface area contributed by atoms with Gasteiger partial charge in [0.2, 0.25) is 0 Å². The molecule has 100 valence electrons. The lowest BCUT2D eigenvalue weighted by Crippen LogP contribution is -2.46. The molecule has 0 spiro atoms. The highest BCUT2D eigenvalue weighted by Crippen LogP contribution is 2.22. The number of nitrogens with zero attached hydrogens (tertiary/aromatic N) is 3. The van der Waals surface area contributed by atoms with Crippen molar-refractivity contribution in [3.8, 4) is 6.07 Å². The maximum absolute atomic E-state index is 10.7. The van der Waals surface area contributed by atoms with Crippen LogP contribution < -0.4 is 4.90 Å². The minimum Gasteiger partial charge on any atom is -0.369 e. The Morgan fingerprint density at radius 2 is 2.05 bits per heavy atom. The Morgan fingerprint density at radius 1 is 1.32 bits per heavy atom. The summed E-state index contributed by atoms with van der Waals surface area (Å²) in [6.07, 6.45) is 1.49. The topological polar surface area (TPSA) is 47.3 Å². The van der Waals surface area contributed by atoms with Crippen molar-refractivity contribution in [2.75, 3.05) is 37.6 Å². The molecule has 4 nitrogen and oxygen atoms in total. The monoisotopic (exact) mass is 257 g/mol. The lowest BCUT2D eigenvalue weighted by Gasteiger charge is -2.36. The summed E-state index contributed by atoms with van der Waals surface area (Å²) >= 11 is 0. The molecular formula is C15H19N3O. The summed E-state index contributed by atoms with van der Waals surface area (Å²) in [7, 11) is 0. The Bertz CT molecular complexity index is 485. The number of carbonyl (C=O) groups is 1. The normalized spacial score (nSPS) is 16.1. The van der Waals surface area contributed by atoms with Crippen LogP contribution in [-0.2, 0) is 0 Å². The van der Waals surface area contributed by atoms with Gasteiger partial charge in [-0.2, -0.15) is 5.26 Å². The first kappa shape index (κ1) is 13.6. The fraction of sp³-hybridized carbons (Fsp3) is 0.467. The first-order valence-corrected chi connectivity index (χ1v) is 6.64. The van der Waals surface area contributed by atoms with E-state index in [2.05, 4.69) is 15.9 Å². The molecule has 0 amide bonds. The van der Waals surface area contributed by atoms with E-state index in [1.165, 1.54) is 5.69 Å². The predicted octanol–water partition coefficient (Wildman–Crippen LogP) is 1.84. The highest BCUT2D eigenvalue weighted by Gasteiger charge is 2.17. The number of hydrogen-bond donors (Lipinski definition) is 0. The van der Waals surface area contributed by atoms with Crippen molar-refractivity contribution in [3.05, 3.63) is 29.3 Å². The number of nitriles is 1. The van der Waals surface area contributed by atoms with Crippen LogP contribution in [0.25, 0.3) is 0 Å². The largest absolute Gasteiger partial charge is 0.369 e. The van der Waals surface area contributed by atoms with Crippen LogP contribution in [0.15, 0.2) is 18.2 Å². The summed E-state index contributed by atoms with van der Waals surface area (Å²) in [5.74, 6) is 0. The summed E-state index contributed by atoms with van der Waals surface area (Å²) in [5.41, 5.74) is 3.09. The van der Waals surface area contributed by atoms with Crippen LogP contribution in [0.4, 0.5) is 5.69 Å². The van der Waals surface area contributed by atoms with Gasteiger partial charge in [-0.05, 0) is 30.7 Å². The quantitative estimate of drug-likeness (QED) is 0.772. The van der Waals surface area contributed by atoms with E-state index in [1.807, 2.05) is 25.1 Å². The van der Waals surface area contributed by atoms with Gasteiger partial charge in [-0.3, -0.25) is 9.69 Å². The van der Waals surface area contributed by atoms with E-state index < -0.39 is 0 Å². The molecule has 0 aliphatic carbocycles. The molecule has 0 saturated carbocycles. The molecule has 1 heterocycles. The second-order valence-electron chi connectivity index (χ2n) is 4.90. The number of anilines is 1.